The topological polar surface area (TPSA) is 49.8 Å². The second kappa shape index (κ2) is 6.91. The van der Waals surface area contributed by atoms with Gasteiger partial charge in [-0.3, -0.25) is 0 Å². The lowest BCUT2D eigenvalue weighted by Gasteiger charge is -2.22. The van der Waals surface area contributed by atoms with Crippen molar-refractivity contribution in [3.63, 3.8) is 0 Å². The van der Waals surface area contributed by atoms with E-state index >= 15 is 0 Å². The van der Waals surface area contributed by atoms with Crippen LogP contribution >= 0.6 is 0 Å². The van der Waals surface area contributed by atoms with E-state index in [-0.39, 0.29) is 5.41 Å². The molecule has 4 heteroatoms. The smallest absolute Gasteiger partial charge is 0.138 e. The van der Waals surface area contributed by atoms with E-state index in [1.54, 1.807) is 0 Å². The monoisotopic (exact) mass is 278 g/mol. The Labute approximate surface area is 123 Å². The van der Waals surface area contributed by atoms with E-state index in [1.165, 1.54) is 12.8 Å². The van der Waals surface area contributed by atoms with Crippen LogP contribution in [0.2, 0.25) is 0 Å². The average molecular weight is 278 g/mol. The fourth-order valence-corrected chi connectivity index (χ4v) is 2.09. The van der Waals surface area contributed by atoms with Crippen LogP contribution in [0.4, 0.5) is 11.6 Å². The van der Waals surface area contributed by atoms with Crippen molar-refractivity contribution >= 4 is 11.6 Å². The number of hydrogen-bond acceptors (Lipinski definition) is 4. The van der Waals surface area contributed by atoms with Crippen LogP contribution in [0.1, 0.15) is 58.8 Å². The third-order valence-corrected chi connectivity index (χ3v) is 3.77. The summed E-state index contributed by atoms with van der Waals surface area (Å²) in [6, 6.07) is 0. The average Bonchev–Trinajstić information content (AvgIpc) is 2.40. The molecule has 1 rings (SSSR count). The molecule has 0 radical (unpaired) electrons. The standard InChI is InChI=1S/C16H30N4/c1-8-12(9-2)10-18-14-11(3)13(17-7)19-15(20-14)16(4,5)6/h12H,8-10H2,1-7H3,(H2,17,18,19,20). The molecule has 0 aliphatic rings. The van der Waals surface area contributed by atoms with Crippen molar-refractivity contribution in [2.45, 2.75) is 59.8 Å². The maximum absolute atomic E-state index is 4.73. The van der Waals surface area contributed by atoms with Crippen molar-refractivity contribution in [2.24, 2.45) is 5.92 Å². The molecule has 114 valence electrons. The highest BCUT2D eigenvalue weighted by atomic mass is 15.1. The maximum Gasteiger partial charge on any atom is 0.138 e. The molecule has 0 fully saturated rings. The molecule has 0 saturated carbocycles. The quantitative estimate of drug-likeness (QED) is 0.826. The van der Waals surface area contributed by atoms with Crippen molar-refractivity contribution in [2.75, 3.05) is 24.2 Å². The zero-order chi connectivity index (χ0) is 15.3. The zero-order valence-corrected chi connectivity index (χ0v) is 14.1. The van der Waals surface area contributed by atoms with E-state index in [0.29, 0.717) is 5.92 Å². The predicted octanol–water partition coefficient (Wildman–Crippen LogP) is 3.97. The highest BCUT2D eigenvalue weighted by Gasteiger charge is 2.21. The summed E-state index contributed by atoms with van der Waals surface area (Å²) in [7, 11) is 1.91. The lowest BCUT2D eigenvalue weighted by Crippen LogP contribution is -2.21. The summed E-state index contributed by atoms with van der Waals surface area (Å²) in [4.78, 5) is 9.36. The van der Waals surface area contributed by atoms with Crippen LogP contribution in [0.15, 0.2) is 0 Å². The van der Waals surface area contributed by atoms with Crippen molar-refractivity contribution < 1.29 is 0 Å². The SMILES string of the molecule is CCC(CC)CNc1nc(C(C)(C)C)nc(NC)c1C. The summed E-state index contributed by atoms with van der Waals surface area (Å²) in [6.07, 6.45) is 2.39. The number of nitrogens with one attached hydrogen (secondary N) is 2. The number of aromatic nitrogens is 2. The second-order valence-electron chi connectivity index (χ2n) is 6.43. The van der Waals surface area contributed by atoms with E-state index in [9.17, 15) is 0 Å². The number of nitrogens with zero attached hydrogens (tertiary/aromatic N) is 2. The Morgan fingerprint density at radius 2 is 1.60 bits per heavy atom. The molecule has 0 unspecified atom stereocenters. The van der Waals surface area contributed by atoms with Gasteiger partial charge in [0.15, 0.2) is 0 Å². The third-order valence-electron chi connectivity index (χ3n) is 3.77. The summed E-state index contributed by atoms with van der Waals surface area (Å²) in [5, 5.41) is 6.68. The van der Waals surface area contributed by atoms with Crippen LogP contribution in [0, 0.1) is 12.8 Å². The normalized spacial score (nSPS) is 11.8. The number of hydrogen-bond donors (Lipinski definition) is 2. The van der Waals surface area contributed by atoms with Gasteiger partial charge in [0, 0.05) is 24.6 Å². The Hall–Kier alpha value is -1.32. The van der Waals surface area contributed by atoms with Gasteiger partial charge >= 0.3 is 0 Å². The van der Waals surface area contributed by atoms with Crippen LogP contribution in [-0.4, -0.2) is 23.6 Å². The van der Waals surface area contributed by atoms with Crippen molar-refractivity contribution in [3.8, 4) is 0 Å². The first-order chi connectivity index (χ1) is 9.33. The van der Waals surface area contributed by atoms with Crippen LogP contribution in [-0.2, 0) is 5.41 Å². The predicted molar refractivity (Wildman–Crippen MR) is 87.6 cm³/mol. The molecule has 0 bridgehead atoms. The first kappa shape index (κ1) is 16.7. The van der Waals surface area contributed by atoms with Crippen molar-refractivity contribution in [1.82, 2.24) is 9.97 Å². The number of anilines is 2. The van der Waals surface area contributed by atoms with Gasteiger partial charge in [0.1, 0.15) is 17.5 Å². The van der Waals surface area contributed by atoms with E-state index in [1.807, 2.05) is 7.05 Å². The zero-order valence-electron chi connectivity index (χ0n) is 14.1. The van der Waals surface area contributed by atoms with Crippen molar-refractivity contribution in [1.29, 1.82) is 0 Å². The minimum atomic E-state index is -0.0509. The minimum absolute atomic E-state index is 0.0509. The van der Waals surface area contributed by atoms with Gasteiger partial charge in [0.05, 0.1) is 0 Å². The van der Waals surface area contributed by atoms with Crippen LogP contribution in [0.5, 0.6) is 0 Å². The summed E-state index contributed by atoms with van der Waals surface area (Å²) in [5.74, 6) is 3.44. The fourth-order valence-electron chi connectivity index (χ4n) is 2.09. The number of rotatable bonds is 6. The van der Waals surface area contributed by atoms with Gasteiger partial charge in [0.2, 0.25) is 0 Å². The van der Waals surface area contributed by atoms with E-state index in [0.717, 1.165) is 29.6 Å². The Kier molecular flexibility index (Phi) is 5.78. The molecule has 0 aliphatic heterocycles. The molecule has 0 spiro atoms. The molecule has 0 saturated heterocycles. The summed E-state index contributed by atoms with van der Waals surface area (Å²) in [6.45, 7) is 13.9. The summed E-state index contributed by atoms with van der Waals surface area (Å²) >= 11 is 0. The van der Waals surface area contributed by atoms with Gasteiger partial charge in [-0.2, -0.15) is 0 Å². The van der Waals surface area contributed by atoms with Crippen LogP contribution < -0.4 is 10.6 Å². The molecule has 0 aliphatic carbocycles. The van der Waals surface area contributed by atoms with Gasteiger partial charge in [-0.15, -0.1) is 0 Å². The largest absolute Gasteiger partial charge is 0.373 e. The van der Waals surface area contributed by atoms with Gasteiger partial charge in [-0.1, -0.05) is 47.5 Å². The highest BCUT2D eigenvalue weighted by Crippen LogP contribution is 2.26. The van der Waals surface area contributed by atoms with E-state index < -0.39 is 0 Å². The summed E-state index contributed by atoms with van der Waals surface area (Å²) in [5.41, 5.74) is 1.04. The molecule has 1 heterocycles. The first-order valence-corrected chi connectivity index (χ1v) is 7.64. The Bertz CT molecular complexity index is 431. The highest BCUT2D eigenvalue weighted by molar-refractivity contribution is 5.57. The van der Waals surface area contributed by atoms with Crippen molar-refractivity contribution in [3.05, 3.63) is 11.4 Å². The Balaban J connectivity index is 3.05. The van der Waals surface area contributed by atoms with Gasteiger partial charge in [-0.05, 0) is 12.8 Å². The molecule has 4 nitrogen and oxygen atoms in total. The molecular weight excluding hydrogens is 248 g/mol. The molecule has 2 N–H and O–H groups in total. The maximum atomic E-state index is 4.73. The van der Waals surface area contributed by atoms with Gasteiger partial charge in [0.25, 0.3) is 0 Å². The lowest BCUT2D eigenvalue weighted by atomic mass is 9.95. The Morgan fingerprint density at radius 3 is 2.05 bits per heavy atom. The van der Waals surface area contributed by atoms with Crippen LogP contribution in [0.25, 0.3) is 0 Å². The molecule has 20 heavy (non-hydrogen) atoms. The second-order valence-corrected chi connectivity index (χ2v) is 6.43. The third kappa shape index (κ3) is 4.09. The van der Waals surface area contributed by atoms with Gasteiger partial charge < -0.3 is 10.6 Å². The van der Waals surface area contributed by atoms with Crippen LogP contribution in [0.3, 0.4) is 0 Å². The molecular formula is C16H30N4. The lowest BCUT2D eigenvalue weighted by molar-refractivity contribution is 0.516. The van der Waals surface area contributed by atoms with E-state index in [4.69, 9.17) is 4.98 Å². The molecule has 0 aromatic carbocycles. The Morgan fingerprint density at radius 1 is 1.05 bits per heavy atom. The molecule has 1 aromatic heterocycles. The van der Waals surface area contributed by atoms with E-state index in [2.05, 4.69) is 57.2 Å². The fraction of sp³-hybridized carbons (Fsp3) is 0.750. The minimum Gasteiger partial charge on any atom is -0.373 e. The molecule has 1 aromatic rings. The summed E-state index contributed by atoms with van der Waals surface area (Å²) < 4.78 is 0. The first-order valence-electron chi connectivity index (χ1n) is 7.64. The van der Waals surface area contributed by atoms with Gasteiger partial charge in [-0.25, -0.2) is 9.97 Å². The molecule has 0 atom stereocenters. The molecule has 0 amide bonds.